The van der Waals surface area contributed by atoms with Gasteiger partial charge in [0.1, 0.15) is 0 Å². The van der Waals surface area contributed by atoms with Crippen LogP contribution in [0.15, 0.2) is 88.7 Å². The molecule has 0 N–H and O–H groups in total. The van der Waals surface area contributed by atoms with Gasteiger partial charge in [0.15, 0.2) is 17.3 Å². The van der Waals surface area contributed by atoms with Crippen LogP contribution < -0.4 is 20.6 Å². The second kappa shape index (κ2) is 9.62. The highest BCUT2D eigenvalue weighted by atomic mass is 16.7. The van der Waals surface area contributed by atoms with Crippen LogP contribution in [-0.4, -0.2) is 21.7 Å². The fourth-order valence-corrected chi connectivity index (χ4v) is 3.48. The standard InChI is InChI=1S/C14H13NO2.C13H11NO3/c1-10-3-8-14(17)15(9-10)13-6-4-12(5-7-13)11(2)16;1-9-2-5-13(15)14(7-9)10-3-4-11-12(6-10)17-8-16-11/h3-9H,1-2H3;2-7H,8H2,1H3. The zero-order valence-electron chi connectivity index (χ0n) is 19.1. The van der Waals surface area contributed by atoms with Crippen LogP contribution in [0, 0.1) is 13.8 Å². The minimum Gasteiger partial charge on any atom is -0.454 e. The molecule has 0 atom stereocenters. The number of rotatable bonds is 3. The van der Waals surface area contributed by atoms with Crippen LogP contribution in [0.2, 0.25) is 0 Å². The molecule has 0 aliphatic carbocycles. The van der Waals surface area contributed by atoms with Gasteiger partial charge in [0, 0.05) is 41.8 Å². The molecule has 5 rings (SSSR count). The van der Waals surface area contributed by atoms with Gasteiger partial charge in [0.2, 0.25) is 6.79 Å². The van der Waals surface area contributed by atoms with Gasteiger partial charge in [-0.2, -0.15) is 0 Å². The molecule has 3 heterocycles. The minimum atomic E-state index is -0.0776. The first kappa shape index (κ1) is 22.8. The van der Waals surface area contributed by atoms with E-state index in [4.69, 9.17) is 9.47 Å². The van der Waals surface area contributed by atoms with Crippen molar-refractivity contribution in [3.8, 4) is 22.9 Å². The second-order valence-electron chi connectivity index (χ2n) is 7.97. The zero-order chi connectivity index (χ0) is 24.2. The quantitative estimate of drug-likeness (QED) is 0.431. The van der Waals surface area contributed by atoms with Crippen molar-refractivity contribution in [3.05, 3.63) is 117 Å². The first-order valence-electron chi connectivity index (χ1n) is 10.7. The largest absolute Gasteiger partial charge is 0.454 e. The van der Waals surface area contributed by atoms with E-state index in [-0.39, 0.29) is 23.7 Å². The number of carbonyl (C=O) groups excluding carboxylic acids is 1. The molecule has 0 unspecified atom stereocenters. The normalized spacial score (nSPS) is 11.5. The number of hydrogen-bond donors (Lipinski definition) is 0. The van der Waals surface area contributed by atoms with Crippen LogP contribution >= 0.6 is 0 Å². The topological polar surface area (TPSA) is 79.5 Å². The summed E-state index contributed by atoms with van der Waals surface area (Å²) in [6.07, 6.45) is 3.59. The van der Waals surface area contributed by atoms with Gasteiger partial charge in [0.05, 0.1) is 5.69 Å². The maximum atomic E-state index is 11.8. The Morgan fingerprint density at radius 1 is 0.706 bits per heavy atom. The molecule has 4 aromatic rings. The Kier molecular flexibility index (Phi) is 6.45. The average molecular weight is 456 g/mol. The summed E-state index contributed by atoms with van der Waals surface area (Å²) in [5, 5.41) is 0. The maximum absolute atomic E-state index is 11.8. The summed E-state index contributed by atoms with van der Waals surface area (Å²) in [7, 11) is 0. The fourth-order valence-electron chi connectivity index (χ4n) is 3.48. The molecule has 0 radical (unpaired) electrons. The fraction of sp³-hybridized carbons (Fsp3) is 0.148. The van der Waals surface area contributed by atoms with Crippen molar-refractivity contribution in [3.63, 3.8) is 0 Å². The molecule has 0 fully saturated rings. The molecule has 0 amide bonds. The lowest BCUT2D eigenvalue weighted by molar-refractivity contribution is 0.101. The number of aromatic nitrogens is 2. The van der Waals surface area contributed by atoms with Gasteiger partial charge in [-0.3, -0.25) is 23.5 Å². The van der Waals surface area contributed by atoms with E-state index < -0.39 is 0 Å². The van der Waals surface area contributed by atoms with Crippen LogP contribution in [0.5, 0.6) is 11.5 Å². The number of Topliss-reactive ketones (excluding diaryl/α,β-unsaturated/α-hetero) is 1. The summed E-state index contributed by atoms with van der Waals surface area (Å²) in [5.41, 5.74) is 4.10. The van der Waals surface area contributed by atoms with Crippen LogP contribution in [0.1, 0.15) is 28.4 Å². The van der Waals surface area contributed by atoms with Gasteiger partial charge in [0.25, 0.3) is 11.1 Å². The van der Waals surface area contributed by atoms with Crippen LogP contribution in [0.4, 0.5) is 0 Å². The van der Waals surface area contributed by atoms with Gasteiger partial charge < -0.3 is 9.47 Å². The van der Waals surface area contributed by atoms with E-state index in [1.165, 1.54) is 13.0 Å². The summed E-state index contributed by atoms with van der Waals surface area (Å²) in [4.78, 5) is 34.6. The molecule has 0 spiro atoms. The molecule has 0 bridgehead atoms. The van der Waals surface area contributed by atoms with Gasteiger partial charge in [-0.1, -0.05) is 12.1 Å². The molecule has 34 heavy (non-hydrogen) atoms. The van der Waals surface area contributed by atoms with Crippen molar-refractivity contribution in [2.24, 2.45) is 0 Å². The van der Waals surface area contributed by atoms with E-state index in [1.54, 1.807) is 64.0 Å². The number of ketones is 1. The van der Waals surface area contributed by atoms with Crippen molar-refractivity contribution >= 4 is 5.78 Å². The maximum Gasteiger partial charge on any atom is 0.255 e. The number of ether oxygens (including phenoxy) is 2. The van der Waals surface area contributed by atoms with Gasteiger partial charge in [-0.25, -0.2) is 0 Å². The molecule has 172 valence electrons. The molecule has 1 aliphatic heterocycles. The van der Waals surface area contributed by atoms with E-state index in [0.29, 0.717) is 11.3 Å². The van der Waals surface area contributed by atoms with E-state index in [2.05, 4.69) is 0 Å². The Morgan fingerprint density at radius 3 is 1.82 bits per heavy atom. The monoisotopic (exact) mass is 456 g/mol. The first-order valence-corrected chi connectivity index (χ1v) is 10.7. The Balaban J connectivity index is 0.000000161. The third-order valence-electron chi connectivity index (χ3n) is 5.30. The van der Waals surface area contributed by atoms with E-state index in [9.17, 15) is 14.4 Å². The SMILES string of the molecule is CC(=O)c1ccc(-n2cc(C)ccc2=O)cc1.Cc1ccc(=O)n(-c2ccc3c(c2)OCO3)c1. The number of fused-ring (bicyclic) bond motifs is 1. The zero-order valence-corrected chi connectivity index (χ0v) is 19.1. The molecule has 7 heteroatoms. The molecule has 2 aromatic carbocycles. The molecule has 2 aromatic heterocycles. The van der Waals surface area contributed by atoms with Gasteiger partial charge in [-0.05, 0) is 68.3 Å². The lowest BCUT2D eigenvalue weighted by Crippen LogP contribution is -2.16. The molecule has 0 saturated heterocycles. The molecule has 7 nitrogen and oxygen atoms in total. The van der Waals surface area contributed by atoms with Crippen molar-refractivity contribution in [2.75, 3.05) is 6.79 Å². The van der Waals surface area contributed by atoms with Crippen molar-refractivity contribution in [1.29, 1.82) is 0 Å². The summed E-state index contributed by atoms with van der Waals surface area (Å²) in [6.45, 7) is 5.64. The second-order valence-corrected chi connectivity index (χ2v) is 7.97. The number of nitrogens with zero attached hydrogens (tertiary/aromatic N) is 2. The van der Waals surface area contributed by atoms with E-state index >= 15 is 0 Å². The Bertz CT molecular complexity index is 1470. The predicted octanol–water partition coefficient (Wildman–Crippen LogP) is 4.22. The van der Waals surface area contributed by atoms with Gasteiger partial charge >= 0.3 is 0 Å². The number of hydrogen-bond acceptors (Lipinski definition) is 5. The van der Waals surface area contributed by atoms with Crippen molar-refractivity contribution in [2.45, 2.75) is 20.8 Å². The van der Waals surface area contributed by atoms with E-state index in [1.807, 2.05) is 32.0 Å². The number of benzene rings is 2. The Hall–Kier alpha value is -4.39. The smallest absolute Gasteiger partial charge is 0.255 e. The molecule has 0 saturated carbocycles. The minimum absolute atomic E-state index is 0.0214. The highest BCUT2D eigenvalue weighted by Crippen LogP contribution is 2.33. The summed E-state index contributed by atoms with van der Waals surface area (Å²) in [6, 6.07) is 19.1. The summed E-state index contributed by atoms with van der Waals surface area (Å²) in [5.74, 6) is 1.42. The Morgan fingerprint density at radius 2 is 1.24 bits per heavy atom. The highest BCUT2D eigenvalue weighted by Gasteiger charge is 2.14. The third-order valence-corrected chi connectivity index (χ3v) is 5.30. The lowest BCUT2D eigenvalue weighted by atomic mass is 10.1. The number of pyridine rings is 2. The Labute approximate surface area is 196 Å². The molecule has 1 aliphatic rings. The van der Waals surface area contributed by atoms with Crippen LogP contribution in [0.25, 0.3) is 11.4 Å². The van der Waals surface area contributed by atoms with Crippen molar-refractivity contribution in [1.82, 2.24) is 9.13 Å². The van der Waals surface area contributed by atoms with Crippen LogP contribution in [0.3, 0.4) is 0 Å². The van der Waals surface area contributed by atoms with Crippen molar-refractivity contribution < 1.29 is 14.3 Å². The lowest BCUT2D eigenvalue weighted by Gasteiger charge is -2.07. The van der Waals surface area contributed by atoms with Gasteiger partial charge in [-0.15, -0.1) is 0 Å². The average Bonchev–Trinajstić information content (AvgIpc) is 3.31. The highest BCUT2D eigenvalue weighted by molar-refractivity contribution is 5.94. The summed E-state index contributed by atoms with van der Waals surface area (Å²) >= 11 is 0. The molecular formula is C27H24N2O5. The third kappa shape index (κ3) is 4.99. The molecular weight excluding hydrogens is 432 g/mol. The number of aryl methyl sites for hydroxylation is 2. The summed E-state index contributed by atoms with van der Waals surface area (Å²) < 4.78 is 13.7. The van der Waals surface area contributed by atoms with E-state index in [0.717, 1.165) is 28.3 Å². The number of carbonyl (C=O) groups is 1. The predicted molar refractivity (Wildman–Crippen MR) is 130 cm³/mol. The first-order chi connectivity index (χ1) is 16.3. The van der Waals surface area contributed by atoms with Crippen LogP contribution in [-0.2, 0) is 0 Å².